The van der Waals surface area contributed by atoms with Crippen LogP contribution < -0.4 is 0 Å². The summed E-state index contributed by atoms with van der Waals surface area (Å²) in [4.78, 5) is 73.7. The standard InChI is InChI=1S/C48H56O12/c1-43(2)34-10-13-48(7)35(46(34,5)12-11-36(43)60-42(58)31-22-28(39(53)54)19-29(23-31)40(55)56)9-8-32-33-24-44(3,14-15-45(33,4)16-17-47(32,48)6)25-59-41(57)30-20-26(37(49)50)18-27(21-30)38(51)52/h8-9,18-23,34-36H,10-17,24-25H2,1-7H3,(H,49,50)(H,51,52)(H,53,54)(H,55,56)/t34-,35+,36-,44-,45+,46-,47+,48+/m0/s1. The van der Waals surface area contributed by atoms with Gasteiger partial charge in [-0.1, -0.05) is 66.2 Å². The van der Waals surface area contributed by atoms with E-state index < -0.39 is 52.7 Å². The van der Waals surface area contributed by atoms with E-state index in [1.165, 1.54) is 23.3 Å². The van der Waals surface area contributed by atoms with Crippen molar-refractivity contribution in [2.24, 2.45) is 44.3 Å². The Labute approximate surface area is 350 Å². The SMILES string of the molecule is CC1(C)[C@@H](OC(=O)c2cc(C(=O)O)cc(C(=O)O)c2)CC[C@]2(C)[C@H]3C=CC4=C5C[C@@](C)(COC(=O)c6cc(C(=O)O)cc(C(=O)O)c6)CC[C@]5(C)CC[C@@]4(C)[C@]3(C)CC[C@@H]12. The van der Waals surface area contributed by atoms with E-state index in [1.54, 1.807) is 0 Å². The van der Waals surface area contributed by atoms with Gasteiger partial charge in [0.25, 0.3) is 0 Å². The number of hydrogen-bond acceptors (Lipinski definition) is 8. The van der Waals surface area contributed by atoms with Crippen LogP contribution in [0.3, 0.4) is 0 Å². The predicted octanol–water partition coefficient (Wildman–Crippen LogP) is 9.58. The van der Waals surface area contributed by atoms with E-state index in [9.17, 15) is 49.2 Å². The summed E-state index contributed by atoms with van der Waals surface area (Å²) in [5.74, 6) is -6.40. The van der Waals surface area contributed by atoms with Crippen LogP contribution in [0.2, 0.25) is 0 Å². The first-order valence-corrected chi connectivity index (χ1v) is 20.9. The third-order valence-corrected chi connectivity index (χ3v) is 16.4. The van der Waals surface area contributed by atoms with Gasteiger partial charge >= 0.3 is 35.8 Å². The van der Waals surface area contributed by atoms with E-state index in [4.69, 9.17) is 9.47 Å². The van der Waals surface area contributed by atoms with Gasteiger partial charge in [0.1, 0.15) is 6.10 Å². The van der Waals surface area contributed by atoms with Crippen molar-refractivity contribution < 1.29 is 58.7 Å². The lowest BCUT2D eigenvalue weighted by molar-refractivity contribution is -0.183. The minimum atomic E-state index is -1.34. The monoisotopic (exact) mass is 824 g/mol. The van der Waals surface area contributed by atoms with Crippen molar-refractivity contribution in [3.05, 3.63) is 93.1 Å². The molecule has 0 aliphatic heterocycles. The Morgan fingerprint density at radius 3 is 1.65 bits per heavy atom. The lowest BCUT2D eigenvalue weighted by Crippen LogP contribution is -2.63. The molecule has 0 spiro atoms. The number of carboxylic acids is 4. The van der Waals surface area contributed by atoms with Crippen molar-refractivity contribution in [2.75, 3.05) is 6.61 Å². The number of allylic oxidation sites excluding steroid dienone is 4. The topological polar surface area (TPSA) is 202 Å². The van der Waals surface area contributed by atoms with Gasteiger partial charge in [-0.25, -0.2) is 28.8 Å². The second kappa shape index (κ2) is 14.4. The van der Waals surface area contributed by atoms with Crippen LogP contribution in [0.5, 0.6) is 0 Å². The lowest BCUT2D eigenvalue weighted by Gasteiger charge is -2.69. The minimum absolute atomic E-state index is 0.0155. The number of ether oxygens (including phenoxy) is 2. The molecule has 0 radical (unpaired) electrons. The van der Waals surface area contributed by atoms with E-state index in [1.807, 2.05) is 0 Å². The molecule has 0 unspecified atom stereocenters. The van der Waals surface area contributed by atoms with Crippen molar-refractivity contribution in [1.29, 1.82) is 0 Å². The second-order valence-corrected chi connectivity index (χ2v) is 20.3. The molecule has 5 aliphatic rings. The number of aromatic carboxylic acids is 4. The first-order chi connectivity index (χ1) is 27.9. The molecule has 0 amide bonds. The molecule has 0 aromatic heterocycles. The van der Waals surface area contributed by atoms with Crippen molar-refractivity contribution >= 4 is 35.8 Å². The number of rotatable bonds is 9. The van der Waals surface area contributed by atoms with Gasteiger partial charge in [-0.05, 0) is 133 Å². The van der Waals surface area contributed by atoms with Gasteiger partial charge in [0.15, 0.2) is 0 Å². The molecule has 0 bridgehead atoms. The van der Waals surface area contributed by atoms with Crippen LogP contribution in [0.25, 0.3) is 0 Å². The maximum absolute atomic E-state index is 13.6. The van der Waals surface area contributed by atoms with Gasteiger partial charge in [0.05, 0.1) is 40.0 Å². The van der Waals surface area contributed by atoms with Crippen molar-refractivity contribution in [3.63, 3.8) is 0 Å². The van der Waals surface area contributed by atoms with Crippen LogP contribution in [0.15, 0.2) is 59.7 Å². The minimum Gasteiger partial charge on any atom is -0.478 e. The van der Waals surface area contributed by atoms with Crippen molar-refractivity contribution in [2.45, 2.75) is 112 Å². The van der Waals surface area contributed by atoms with E-state index in [-0.39, 0.29) is 73.5 Å². The van der Waals surface area contributed by atoms with Crippen LogP contribution in [0.4, 0.5) is 0 Å². The van der Waals surface area contributed by atoms with Crippen LogP contribution in [-0.2, 0) is 9.47 Å². The highest BCUT2D eigenvalue weighted by molar-refractivity contribution is 6.00. The fraction of sp³-hybridized carbons (Fsp3) is 0.542. The molecule has 2 aromatic rings. The quantitative estimate of drug-likeness (QED) is 0.175. The average Bonchev–Trinajstić information content (AvgIpc) is 3.18. The first-order valence-electron chi connectivity index (χ1n) is 20.9. The molecule has 5 aliphatic carbocycles. The molecular weight excluding hydrogens is 769 g/mol. The Balaban J connectivity index is 1.14. The van der Waals surface area contributed by atoms with Crippen molar-refractivity contribution in [1.82, 2.24) is 0 Å². The Hall–Kier alpha value is -5.26. The van der Waals surface area contributed by atoms with Gasteiger partial charge in [-0.3, -0.25) is 0 Å². The molecule has 8 atom stereocenters. The smallest absolute Gasteiger partial charge is 0.338 e. The zero-order valence-corrected chi connectivity index (χ0v) is 35.5. The van der Waals surface area contributed by atoms with Crippen molar-refractivity contribution in [3.8, 4) is 0 Å². The molecular formula is C48H56O12. The molecule has 4 N–H and O–H groups in total. The predicted molar refractivity (Wildman–Crippen MR) is 219 cm³/mol. The number of benzene rings is 2. The number of carboxylic acid groups (broad SMARTS) is 4. The summed E-state index contributed by atoms with van der Waals surface area (Å²) in [6.07, 6.45) is 12.2. The van der Waals surface area contributed by atoms with Crippen LogP contribution in [0, 0.1) is 44.3 Å². The fourth-order valence-electron chi connectivity index (χ4n) is 12.6. The van der Waals surface area contributed by atoms with Crippen LogP contribution in [0.1, 0.15) is 168 Å². The normalized spacial score (nSPS) is 33.9. The Morgan fingerprint density at radius 2 is 1.12 bits per heavy atom. The highest BCUT2D eigenvalue weighted by atomic mass is 16.5. The number of fused-ring (bicyclic) bond motifs is 6. The summed E-state index contributed by atoms with van der Waals surface area (Å²) in [5.41, 5.74) is 0.189. The number of carbonyl (C=O) groups excluding carboxylic acids is 2. The summed E-state index contributed by atoms with van der Waals surface area (Å²) in [6, 6.07) is 6.68. The summed E-state index contributed by atoms with van der Waals surface area (Å²) in [6.45, 7) is 16.2. The van der Waals surface area contributed by atoms with Gasteiger partial charge in [-0.2, -0.15) is 0 Å². The number of hydrogen-bond donors (Lipinski definition) is 4. The molecule has 7 rings (SSSR count). The Morgan fingerprint density at radius 1 is 0.617 bits per heavy atom. The Kier molecular flexibility index (Phi) is 10.3. The molecule has 0 heterocycles. The average molecular weight is 825 g/mol. The van der Waals surface area contributed by atoms with E-state index in [0.717, 1.165) is 75.6 Å². The zero-order chi connectivity index (χ0) is 44.0. The fourth-order valence-corrected chi connectivity index (χ4v) is 12.6. The van der Waals surface area contributed by atoms with E-state index >= 15 is 0 Å². The third kappa shape index (κ3) is 6.83. The Bertz CT molecular complexity index is 2220. The molecule has 60 heavy (non-hydrogen) atoms. The third-order valence-electron chi connectivity index (χ3n) is 16.4. The lowest BCUT2D eigenvalue weighted by atomic mass is 9.35. The first kappa shape index (κ1) is 42.8. The van der Waals surface area contributed by atoms with E-state index in [0.29, 0.717) is 6.42 Å². The largest absolute Gasteiger partial charge is 0.478 e. The number of esters is 2. The van der Waals surface area contributed by atoms with Gasteiger partial charge in [0.2, 0.25) is 0 Å². The molecule has 0 saturated heterocycles. The van der Waals surface area contributed by atoms with E-state index in [2.05, 4.69) is 60.6 Å². The summed E-state index contributed by atoms with van der Waals surface area (Å²) >= 11 is 0. The molecule has 3 fully saturated rings. The van der Waals surface area contributed by atoms with Gasteiger partial charge < -0.3 is 29.9 Å². The highest BCUT2D eigenvalue weighted by Crippen LogP contribution is 2.74. The molecule has 320 valence electrons. The zero-order valence-electron chi connectivity index (χ0n) is 35.5. The molecule has 12 nitrogen and oxygen atoms in total. The van der Waals surface area contributed by atoms with Gasteiger partial charge in [0, 0.05) is 10.8 Å². The molecule has 12 heteroatoms. The summed E-state index contributed by atoms with van der Waals surface area (Å²) < 4.78 is 12.0. The van der Waals surface area contributed by atoms with Crippen LogP contribution in [-0.4, -0.2) is 69.0 Å². The highest BCUT2D eigenvalue weighted by Gasteiger charge is 2.67. The molecule has 3 saturated carbocycles. The van der Waals surface area contributed by atoms with Gasteiger partial charge in [-0.15, -0.1) is 0 Å². The maximum Gasteiger partial charge on any atom is 0.338 e. The summed E-state index contributed by atoms with van der Waals surface area (Å²) in [5, 5.41) is 38.2. The summed E-state index contributed by atoms with van der Waals surface area (Å²) in [7, 11) is 0. The maximum atomic E-state index is 13.6. The molecule has 2 aromatic carbocycles. The van der Waals surface area contributed by atoms with Crippen LogP contribution >= 0.6 is 0 Å². The number of carbonyl (C=O) groups is 6. The second-order valence-electron chi connectivity index (χ2n) is 20.3.